The predicted octanol–water partition coefficient (Wildman–Crippen LogP) is 4.71. The fourth-order valence-electron chi connectivity index (χ4n) is 4.16. The third kappa shape index (κ3) is 4.93. The topological polar surface area (TPSA) is 103 Å². The van der Waals surface area contributed by atoms with Crippen LogP contribution in [0.15, 0.2) is 28.4 Å². The highest BCUT2D eigenvalue weighted by molar-refractivity contribution is 7.99. The van der Waals surface area contributed by atoms with Crippen LogP contribution in [0, 0.1) is 5.41 Å². The van der Waals surface area contributed by atoms with Gasteiger partial charge in [-0.1, -0.05) is 35.0 Å². The molecule has 0 amide bonds. The van der Waals surface area contributed by atoms with E-state index in [1.807, 2.05) is 20.8 Å². The van der Waals surface area contributed by atoms with Gasteiger partial charge in [0.1, 0.15) is 20.7 Å². The van der Waals surface area contributed by atoms with Gasteiger partial charge >= 0.3 is 0 Å². The van der Waals surface area contributed by atoms with Gasteiger partial charge in [0.05, 0.1) is 17.3 Å². The number of hydrogen-bond donors (Lipinski definition) is 2. The van der Waals surface area contributed by atoms with Crippen molar-refractivity contribution in [1.29, 1.82) is 0 Å². The molecule has 2 aromatic heterocycles. The van der Waals surface area contributed by atoms with Crippen molar-refractivity contribution < 1.29 is 4.55 Å². The number of aromatic nitrogens is 3. The van der Waals surface area contributed by atoms with E-state index in [0.717, 1.165) is 43.1 Å². The van der Waals surface area contributed by atoms with Gasteiger partial charge in [-0.3, -0.25) is 0 Å². The van der Waals surface area contributed by atoms with Crippen molar-refractivity contribution >= 4 is 58.0 Å². The quantitative estimate of drug-likeness (QED) is 0.436. The zero-order valence-corrected chi connectivity index (χ0v) is 21.5. The minimum absolute atomic E-state index is 0.226. The minimum Gasteiger partial charge on any atom is -0.598 e. The summed E-state index contributed by atoms with van der Waals surface area (Å²) in [6.07, 6.45) is 7.70. The summed E-state index contributed by atoms with van der Waals surface area (Å²) >= 11 is 12.5. The normalized spacial score (nSPS) is 21.4. The lowest BCUT2D eigenvalue weighted by Gasteiger charge is -2.54. The summed E-state index contributed by atoms with van der Waals surface area (Å²) in [5.41, 5.74) is 6.44. The standard InChI is InChI=1S/C21H28Cl2N6OS2/c1-20(2,3)32(30)28-14-4-6-21(14)7-10-29(11-8-21)15-12-26-19(18(24)27-15)31-13-5-9-25-17(23)16(13)22/h5,9,12,14,28H,4,6-8,10-11H2,1-3H3,(H2,24,27)/t14-,32+/m0/s1. The zero-order valence-electron chi connectivity index (χ0n) is 18.4. The second kappa shape index (κ2) is 9.35. The molecule has 0 bridgehead atoms. The number of halogens is 2. The Kier molecular flexibility index (Phi) is 7.06. The molecule has 2 atom stereocenters. The molecular weight excluding hydrogens is 487 g/mol. The molecule has 2 aromatic rings. The molecule has 2 fully saturated rings. The van der Waals surface area contributed by atoms with Gasteiger partial charge in [0.15, 0.2) is 5.82 Å². The van der Waals surface area contributed by atoms with Crippen LogP contribution >= 0.6 is 35.0 Å². The highest BCUT2D eigenvalue weighted by Gasteiger charge is 2.51. The first-order valence-electron chi connectivity index (χ1n) is 10.6. The number of piperidine rings is 1. The predicted molar refractivity (Wildman–Crippen MR) is 133 cm³/mol. The SMILES string of the molecule is CC(C)(C)[S@@+]([O-])N[C@H]1CCC12CCN(c1cnc(Sc3ccnc(Cl)c3Cl)c(N)n1)CC2. The third-order valence-corrected chi connectivity index (χ3v) is 9.89. The molecule has 0 aromatic carbocycles. The Balaban J connectivity index is 1.39. The van der Waals surface area contributed by atoms with Gasteiger partial charge in [-0.25, -0.2) is 15.0 Å². The first kappa shape index (κ1) is 24.2. The van der Waals surface area contributed by atoms with Crippen molar-refractivity contribution in [3.63, 3.8) is 0 Å². The fourth-order valence-corrected chi connectivity index (χ4v) is 6.37. The van der Waals surface area contributed by atoms with Crippen molar-refractivity contribution in [2.24, 2.45) is 5.41 Å². The van der Waals surface area contributed by atoms with Crippen LogP contribution in [0.2, 0.25) is 10.2 Å². The molecular formula is C21H28Cl2N6OS2. The van der Waals surface area contributed by atoms with Gasteiger partial charge in [0.25, 0.3) is 0 Å². The molecule has 3 N–H and O–H groups in total. The van der Waals surface area contributed by atoms with Gasteiger partial charge in [0.2, 0.25) is 0 Å². The number of anilines is 2. The largest absolute Gasteiger partial charge is 0.598 e. The monoisotopic (exact) mass is 514 g/mol. The Hall–Kier alpha value is -0.970. The number of nitrogen functional groups attached to an aromatic ring is 1. The molecule has 4 rings (SSSR count). The van der Waals surface area contributed by atoms with Gasteiger partial charge < -0.3 is 15.2 Å². The van der Waals surface area contributed by atoms with Gasteiger partial charge in [-0.2, -0.15) is 0 Å². The van der Waals surface area contributed by atoms with Crippen LogP contribution in [0.5, 0.6) is 0 Å². The molecule has 1 aliphatic carbocycles. The smallest absolute Gasteiger partial charge is 0.158 e. The summed E-state index contributed by atoms with van der Waals surface area (Å²) in [6.45, 7) is 7.78. The average molecular weight is 516 g/mol. The Bertz CT molecular complexity index is 981. The molecule has 11 heteroatoms. The van der Waals surface area contributed by atoms with E-state index in [-0.39, 0.29) is 15.3 Å². The number of nitrogens with one attached hydrogen (secondary N) is 1. The van der Waals surface area contributed by atoms with Crippen molar-refractivity contribution in [1.82, 2.24) is 19.7 Å². The number of rotatable bonds is 5. The molecule has 1 spiro atoms. The van der Waals surface area contributed by atoms with Crippen molar-refractivity contribution in [3.05, 3.63) is 28.6 Å². The van der Waals surface area contributed by atoms with Crippen molar-refractivity contribution in [3.8, 4) is 0 Å². The Morgan fingerprint density at radius 1 is 1.25 bits per heavy atom. The van der Waals surface area contributed by atoms with Crippen LogP contribution in [0.1, 0.15) is 46.5 Å². The molecule has 2 aliphatic rings. The molecule has 1 aliphatic heterocycles. The third-order valence-electron chi connectivity index (χ3n) is 6.33. The zero-order chi connectivity index (χ0) is 23.1. The van der Waals surface area contributed by atoms with Crippen LogP contribution in [0.25, 0.3) is 0 Å². The number of pyridine rings is 1. The highest BCUT2D eigenvalue weighted by atomic mass is 35.5. The van der Waals surface area contributed by atoms with Crippen molar-refractivity contribution in [2.75, 3.05) is 23.7 Å². The lowest BCUT2D eigenvalue weighted by molar-refractivity contribution is 0.0504. The first-order chi connectivity index (χ1) is 15.1. The summed E-state index contributed by atoms with van der Waals surface area (Å²) in [7, 11) is 0. The van der Waals surface area contributed by atoms with Crippen LogP contribution in [-0.2, 0) is 11.4 Å². The molecule has 1 saturated carbocycles. The summed E-state index contributed by atoms with van der Waals surface area (Å²) in [5.74, 6) is 1.14. The lowest BCUT2D eigenvalue weighted by Crippen LogP contribution is -2.61. The van der Waals surface area contributed by atoms with E-state index in [2.05, 4.69) is 24.6 Å². The van der Waals surface area contributed by atoms with E-state index < -0.39 is 11.4 Å². The molecule has 0 radical (unpaired) electrons. The Morgan fingerprint density at radius 3 is 2.56 bits per heavy atom. The second-order valence-corrected chi connectivity index (χ2v) is 13.1. The van der Waals surface area contributed by atoms with Gasteiger partial charge in [0, 0.05) is 35.5 Å². The maximum atomic E-state index is 12.6. The summed E-state index contributed by atoms with van der Waals surface area (Å²) in [6, 6.07) is 2.09. The summed E-state index contributed by atoms with van der Waals surface area (Å²) < 4.78 is 15.7. The van der Waals surface area contributed by atoms with E-state index in [4.69, 9.17) is 28.9 Å². The lowest BCUT2D eigenvalue weighted by atomic mass is 9.60. The number of nitrogens with two attached hydrogens (primary N) is 1. The van der Waals surface area contributed by atoms with Crippen LogP contribution < -0.4 is 15.4 Å². The van der Waals surface area contributed by atoms with E-state index in [9.17, 15) is 4.55 Å². The average Bonchev–Trinajstić information content (AvgIpc) is 2.75. The number of hydrogen-bond acceptors (Lipinski definition) is 8. The molecule has 7 nitrogen and oxygen atoms in total. The Morgan fingerprint density at radius 2 is 1.97 bits per heavy atom. The summed E-state index contributed by atoms with van der Waals surface area (Å²) in [5, 5.41) is 1.21. The van der Waals surface area contributed by atoms with Crippen LogP contribution in [0.3, 0.4) is 0 Å². The van der Waals surface area contributed by atoms with E-state index in [1.165, 1.54) is 18.2 Å². The summed E-state index contributed by atoms with van der Waals surface area (Å²) in [4.78, 5) is 16.1. The van der Waals surface area contributed by atoms with E-state index in [1.54, 1.807) is 18.5 Å². The highest BCUT2D eigenvalue weighted by Crippen LogP contribution is 2.50. The number of nitrogens with zero attached hydrogens (tertiary/aromatic N) is 4. The molecule has 0 unspecified atom stereocenters. The van der Waals surface area contributed by atoms with Gasteiger partial charge in [-0.05, 0) is 57.9 Å². The fraction of sp³-hybridized carbons (Fsp3) is 0.571. The van der Waals surface area contributed by atoms with E-state index in [0.29, 0.717) is 21.9 Å². The van der Waals surface area contributed by atoms with E-state index >= 15 is 0 Å². The molecule has 174 valence electrons. The second-order valence-electron chi connectivity index (χ2n) is 9.37. The molecule has 1 saturated heterocycles. The Labute approximate surface area is 206 Å². The molecule has 3 heterocycles. The maximum absolute atomic E-state index is 12.6. The maximum Gasteiger partial charge on any atom is 0.158 e. The molecule has 32 heavy (non-hydrogen) atoms. The van der Waals surface area contributed by atoms with Gasteiger partial charge in [-0.15, -0.1) is 4.72 Å². The first-order valence-corrected chi connectivity index (χ1v) is 13.3. The minimum atomic E-state index is -1.04. The van der Waals surface area contributed by atoms with Crippen LogP contribution in [0.4, 0.5) is 11.6 Å². The van der Waals surface area contributed by atoms with Crippen LogP contribution in [-0.4, -0.2) is 43.4 Å². The van der Waals surface area contributed by atoms with Crippen molar-refractivity contribution in [2.45, 2.75) is 67.2 Å².